The molecule has 0 saturated heterocycles. The molecule has 0 unspecified atom stereocenters. The number of carbonyl (C=O) groups excluding carboxylic acids is 2. The number of amides is 1. The highest BCUT2D eigenvalue weighted by molar-refractivity contribution is 6.07. The minimum atomic E-state index is -0.531. The zero-order chi connectivity index (χ0) is 19.9. The second kappa shape index (κ2) is 8.47. The average Bonchev–Trinajstić information content (AvgIpc) is 2.74. The predicted octanol–water partition coefficient (Wildman–Crippen LogP) is 3.74. The lowest BCUT2D eigenvalue weighted by Crippen LogP contribution is -2.15. The fraction of sp³-hybridized carbons (Fsp3) is 0.0476. The maximum atomic E-state index is 12.5. The van der Waals surface area contributed by atoms with Crippen LogP contribution in [0.25, 0.3) is 0 Å². The highest BCUT2D eigenvalue weighted by atomic mass is 16.5. The fourth-order valence-electron chi connectivity index (χ4n) is 2.45. The van der Waals surface area contributed by atoms with Crippen molar-refractivity contribution in [3.8, 4) is 6.07 Å². The van der Waals surface area contributed by atoms with E-state index in [-0.39, 0.29) is 5.56 Å². The SMILES string of the molecule is COC(=O)c1ccccc1NC(=O)c1ccc(Nc2ccc(C#N)cc2)nc1. The van der Waals surface area contributed by atoms with E-state index in [1.165, 1.54) is 13.3 Å². The number of para-hydroxylation sites is 1. The number of aromatic nitrogens is 1. The largest absolute Gasteiger partial charge is 0.465 e. The van der Waals surface area contributed by atoms with Gasteiger partial charge in [0.15, 0.2) is 0 Å². The Morgan fingerprint density at radius 2 is 1.79 bits per heavy atom. The molecular weight excluding hydrogens is 356 g/mol. The summed E-state index contributed by atoms with van der Waals surface area (Å²) in [5.74, 6) is -0.374. The second-order valence-corrected chi connectivity index (χ2v) is 5.74. The van der Waals surface area contributed by atoms with Crippen LogP contribution in [0.4, 0.5) is 17.2 Å². The van der Waals surface area contributed by atoms with Crippen molar-refractivity contribution in [3.63, 3.8) is 0 Å². The summed E-state index contributed by atoms with van der Waals surface area (Å²) >= 11 is 0. The maximum Gasteiger partial charge on any atom is 0.339 e. The van der Waals surface area contributed by atoms with Crippen LogP contribution in [0, 0.1) is 11.3 Å². The molecule has 0 radical (unpaired) electrons. The lowest BCUT2D eigenvalue weighted by atomic mass is 10.1. The Hall–Kier alpha value is -4.18. The van der Waals surface area contributed by atoms with E-state index >= 15 is 0 Å². The molecule has 7 heteroatoms. The van der Waals surface area contributed by atoms with Crippen molar-refractivity contribution in [2.75, 3.05) is 17.7 Å². The van der Waals surface area contributed by atoms with Gasteiger partial charge in [0.05, 0.1) is 35.6 Å². The quantitative estimate of drug-likeness (QED) is 0.661. The molecule has 1 aromatic heterocycles. The minimum absolute atomic E-state index is 0.269. The Morgan fingerprint density at radius 1 is 1.04 bits per heavy atom. The smallest absolute Gasteiger partial charge is 0.339 e. The molecule has 0 fully saturated rings. The molecule has 138 valence electrons. The van der Waals surface area contributed by atoms with Gasteiger partial charge in [-0.05, 0) is 48.5 Å². The number of pyridine rings is 1. The van der Waals surface area contributed by atoms with Gasteiger partial charge in [0.2, 0.25) is 0 Å². The molecule has 0 aliphatic rings. The molecule has 1 amide bonds. The molecule has 2 N–H and O–H groups in total. The number of carbonyl (C=O) groups is 2. The Labute approximate surface area is 161 Å². The van der Waals surface area contributed by atoms with E-state index in [2.05, 4.69) is 21.7 Å². The average molecular weight is 372 g/mol. The topological polar surface area (TPSA) is 104 Å². The summed E-state index contributed by atoms with van der Waals surface area (Å²) < 4.78 is 4.72. The van der Waals surface area contributed by atoms with Crippen LogP contribution in [0.15, 0.2) is 66.9 Å². The monoisotopic (exact) mass is 372 g/mol. The molecule has 0 aliphatic heterocycles. The van der Waals surface area contributed by atoms with Crippen molar-refractivity contribution in [2.24, 2.45) is 0 Å². The molecule has 0 saturated carbocycles. The Bertz CT molecular complexity index is 1040. The number of nitrogens with one attached hydrogen (secondary N) is 2. The number of hydrogen-bond donors (Lipinski definition) is 2. The first-order chi connectivity index (χ1) is 13.6. The van der Waals surface area contributed by atoms with Gasteiger partial charge in [-0.25, -0.2) is 9.78 Å². The molecule has 0 aliphatic carbocycles. The Kier molecular flexibility index (Phi) is 5.63. The maximum absolute atomic E-state index is 12.5. The van der Waals surface area contributed by atoms with Gasteiger partial charge in [-0.2, -0.15) is 5.26 Å². The van der Waals surface area contributed by atoms with E-state index < -0.39 is 11.9 Å². The predicted molar refractivity (Wildman–Crippen MR) is 104 cm³/mol. The van der Waals surface area contributed by atoms with E-state index in [0.717, 1.165) is 5.69 Å². The summed E-state index contributed by atoms with van der Waals surface area (Å²) in [6.07, 6.45) is 1.43. The third-order valence-electron chi connectivity index (χ3n) is 3.89. The van der Waals surface area contributed by atoms with Crippen LogP contribution in [0.2, 0.25) is 0 Å². The number of nitriles is 1. The molecule has 28 heavy (non-hydrogen) atoms. The number of anilines is 3. The van der Waals surface area contributed by atoms with Crippen LogP contribution in [-0.2, 0) is 4.74 Å². The van der Waals surface area contributed by atoms with Crippen LogP contribution >= 0.6 is 0 Å². The van der Waals surface area contributed by atoms with E-state index in [4.69, 9.17) is 10.00 Å². The van der Waals surface area contributed by atoms with Crippen molar-refractivity contribution < 1.29 is 14.3 Å². The molecule has 0 spiro atoms. The number of benzene rings is 2. The normalized spacial score (nSPS) is 9.86. The van der Waals surface area contributed by atoms with Gasteiger partial charge in [-0.1, -0.05) is 12.1 Å². The molecule has 1 heterocycles. The third-order valence-corrected chi connectivity index (χ3v) is 3.89. The zero-order valence-electron chi connectivity index (χ0n) is 15.0. The summed E-state index contributed by atoms with van der Waals surface area (Å²) in [7, 11) is 1.28. The van der Waals surface area contributed by atoms with Crippen molar-refractivity contribution in [3.05, 3.63) is 83.6 Å². The van der Waals surface area contributed by atoms with Gasteiger partial charge in [-0.3, -0.25) is 4.79 Å². The van der Waals surface area contributed by atoms with Crippen molar-refractivity contribution >= 4 is 29.1 Å². The summed E-state index contributed by atoms with van der Waals surface area (Å²) in [4.78, 5) is 28.5. The molecule has 3 aromatic rings. The first kappa shape index (κ1) is 18.6. The van der Waals surface area contributed by atoms with Gasteiger partial charge in [0.25, 0.3) is 5.91 Å². The molecule has 3 rings (SSSR count). The summed E-state index contributed by atoms with van der Waals surface area (Å²) in [5, 5.41) is 14.6. The van der Waals surface area contributed by atoms with Gasteiger partial charge < -0.3 is 15.4 Å². The number of rotatable bonds is 5. The first-order valence-electron chi connectivity index (χ1n) is 8.32. The highest BCUT2D eigenvalue weighted by Gasteiger charge is 2.14. The van der Waals surface area contributed by atoms with Gasteiger partial charge in [0.1, 0.15) is 5.82 Å². The second-order valence-electron chi connectivity index (χ2n) is 5.74. The van der Waals surface area contributed by atoms with Crippen LogP contribution in [0.5, 0.6) is 0 Å². The standard InChI is InChI=1S/C21H16N4O3/c1-28-21(27)17-4-2-3-5-18(17)25-20(26)15-8-11-19(23-13-15)24-16-9-6-14(12-22)7-10-16/h2-11,13H,1H3,(H,23,24)(H,25,26). The van der Waals surface area contributed by atoms with E-state index in [0.29, 0.717) is 22.6 Å². The summed E-state index contributed by atoms with van der Waals surface area (Å²) in [6, 6.07) is 18.9. The third kappa shape index (κ3) is 4.31. The van der Waals surface area contributed by atoms with Gasteiger partial charge >= 0.3 is 5.97 Å². The Morgan fingerprint density at radius 3 is 2.43 bits per heavy atom. The van der Waals surface area contributed by atoms with E-state index in [1.807, 2.05) is 0 Å². The molecule has 2 aromatic carbocycles. The highest BCUT2D eigenvalue weighted by Crippen LogP contribution is 2.18. The fourth-order valence-corrected chi connectivity index (χ4v) is 2.45. The Balaban J connectivity index is 1.70. The molecule has 0 bridgehead atoms. The number of ether oxygens (including phenoxy) is 1. The van der Waals surface area contributed by atoms with Gasteiger partial charge in [0, 0.05) is 11.9 Å². The summed E-state index contributed by atoms with van der Waals surface area (Å²) in [6.45, 7) is 0. The van der Waals surface area contributed by atoms with Crippen LogP contribution in [-0.4, -0.2) is 24.0 Å². The zero-order valence-corrected chi connectivity index (χ0v) is 15.0. The lowest BCUT2D eigenvalue weighted by Gasteiger charge is -2.10. The molecule has 7 nitrogen and oxygen atoms in total. The van der Waals surface area contributed by atoms with Crippen molar-refractivity contribution in [1.29, 1.82) is 5.26 Å². The number of methoxy groups -OCH3 is 1. The molecular formula is C21H16N4O3. The van der Waals surface area contributed by atoms with Gasteiger partial charge in [-0.15, -0.1) is 0 Å². The van der Waals surface area contributed by atoms with Crippen LogP contribution in [0.1, 0.15) is 26.3 Å². The molecule has 0 atom stereocenters. The summed E-state index contributed by atoms with van der Waals surface area (Å²) in [5.41, 5.74) is 2.31. The van der Waals surface area contributed by atoms with Crippen LogP contribution in [0.3, 0.4) is 0 Å². The number of esters is 1. The lowest BCUT2D eigenvalue weighted by molar-refractivity contribution is 0.0602. The first-order valence-corrected chi connectivity index (χ1v) is 8.32. The number of hydrogen-bond acceptors (Lipinski definition) is 6. The van der Waals surface area contributed by atoms with Crippen molar-refractivity contribution in [1.82, 2.24) is 4.98 Å². The van der Waals surface area contributed by atoms with Crippen LogP contribution < -0.4 is 10.6 Å². The minimum Gasteiger partial charge on any atom is -0.465 e. The van der Waals surface area contributed by atoms with E-state index in [9.17, 15) is 9.59 Å². The van der Waals surface area contributed by atoms with Crippen molar-refractivity contribution in [2.45, 2.75) is 0 Å². The number of nitrogens with zero attached hydrogens (tertiary/aromatic N) is 2. The van der Waals surface area contributed by atoms with E-state index in [1.54, 1.807) is 60.7 Å².